The first kappa shape index (κ1) is 15.2. The number of hydrogen-bond donors (Lipinski definition) is 0. The molecule has 0 aliphatic rings. The number of carbonyl (C=O) groups excluding carboxylic acids is 1. The molecule has 0 N–H and O–H groups in total. The highest BCUT2D eigenvalue weighted by Crippen LogP contribution is 2.18. The van der Waals surface area contributed by atoms with Gasteiger partial charge in [0.1, 0.15) is 0 Å². The summed E-state index contributed by atoms with van der Waals surface area (Å²) in [7, 11) is 0. The highest BCUT2D eigenvalue weighted by molar-refractivity contribution is 5.88. The lowest BCUT2D eigenvalue weighted by Gasteiger charge is -2.09. The van der Waals surface area contributed by atoms with Crippen LogP contribution in [0.4, 0.5) is 0 Å². The molecule has 0 aromatic rings. The van der Waals surface area contributed by atoms with Crippen LogP contribution in [0.2, 0.25) is 0 Å². The highest BCUT2D eigenvalue weighted by atomic mass is 16.5. The monoisotopic (exact) mass is 226 g/mol. The van der Waals surface area contributed by atoms with Gasteiger partial charge in [-0.15, -0.1) is 0 Å². The Labute approximate surface area is 100 Å². The summed E-state index contributed by atoms with van der Waals surface area (Å²) in [5.41, 5.74) is 2.08. The van der Waals surface area contributed by atoms with Gasteiger partial charge in [-0.1, -0.05) is 38.7 Å². The van der Waals surface area contributed by atoms with Crippen LogP contribution in [0, 0.1) is 0 Å². The second-order valence-electron chi connectivity index (χ2n) is 4.11. The molecular weight excluding hydrogens is 200 g/mol. The second kappa shape index (κ2) is 9.44. The van der Waals surface area contributed by atoms with Gasteiger partial charge >= 0.3 is 5.97 Å². The van der Waals surface area contributed by atoms with Crippen LogP contribution in [0.25, 0.3) is 0 Å². The van der Waals surface area contributed by atoms with E-state index in [2.05, 4.69) is 13.8 Å². The number of esters is 1. The van der Waals surface area contributed by atoms with Crippen molar-refractivity contribution in [1.82, 2.24) is 0 Å². The Balaban J connectivity index is 4.21. The molecule has 0 aromatic heterocycles. The Morgan fingerprint density at radius 1 is 1.06 bits per heavy atom. The van der Waals surface area contributed by atoms with Crippen molar-refractivity contribution >= 4 is 5.97 Å². The first-order chi connectivity index (χ1) is 7.67. The van der Waals surface area contributed by atoms with Gasteiger partial charge in [-0.25, -0.2) is 4.79 Å². The minimum absolute atomic E-state index is 0.144. The summed E-state index contributed by atoms with van der Waals surface area (Å²) < 4.78 is 5.02. The summed E-state index contributed by atoms with van der Waals surface area (Å²) in [4.78, 5) is 11.6. The van der Waals surface area contributed by atoms with Crippen LogP contribution in [-0.2, 0) is 9.53 Å². The van der Waals surface area contributed by atoms with Crippen molar-refractivity contribution in [3.63, 3.8) is 0 Å². The summed E-state index contributed by atoms with van der Waals surface area (Å²) >= 11 is 0. The molecule has 0 bridgehead atoms. The van der Waals surface area contributed by atoms with E-state index in [1.165, 1.54) is 31.3 Å². The molecule has 2 heteroatoms. The molecule has 0 aliphatic carbocycles. The zero-order valence-electron chi connectivity index (χ0n) is 11.3. The van der Waals surface area contributed by atoms with Crippen LogP contribution in [-0.4, -0.2) is 12.6 Å². The van der Waals surface area contributed by atoms with Crippen molar-refractivity contribution in [1.29, 1.82) is 0 Å². The normalized spacial score (nSPS) is 12.2. The SMILES string of the molecule is CCCCCCC(CC)=C(C)C(=O)OCC. The van der Waals surface area contributed by atoms with Crippen LogP contribution in [0.5, 0.6) is 0 Å². The molecule has 0 radical (unpaired) electrons. The van der Waals surface area contributed by atoms with Crippen molar-refractivity contribution in [2.75, 3.05) is 6.61 Å². The van der Waals surface area contributed by atoms with Crippen LogP contribution in [0.1, 0.15) is 66.2 Å². The third-order valence-corrected chi connectivity index (χ3v) is 2.87. The Kier molecular flexibility index (Phi) is 8.97. The molecule has 2 nitrogen and oxygen atoms in total. The van der Waals surface area contributed by atoms with E-state index in [4.69, 9.17) is 4.74 Å². The molecular formula is C14H26O2. The first-order valence-electron chi connectivity index (χ1n) is 6.53. The van der Waals surface area contributed by atoms with Crippen LogP contribution in [0.15, 0.2) is 11.1 Å². The smallest absolute Gasteiger partial charge is 0.333 e. The van der Waals surface area contributed by atoms with Gasteiger partial charge in [0, 0.05) is 5.57 Å². The van der Waals surface area contributed by atoms with Gasteiger partial charge in [-0.2, -0.15) is 0 Å². The third-order valence-electron chi connectivity index (χ3n) is 2.87. The number of hydrogen-bond acceptors (Lipinski definition) is 2. The molecule has 0 saturated heterocycles. The fraction of sp³-hybridized carbons (Fsp3) is 0.786. The van der Waals surface area contributed by atoms with E-state index >= 15 is 0 Å². The Morgan fingerprint density at radius 2 is 1.75 bits per heavy atom. The molecule has 0 atom stereocenters. The Hall–Kier alpha value is -0.790. The van der Waals surface area contributed by atoms with E-state index in [1.807, 2.05) is 13.8 Å². The molecule has 0 aliphatic heterocycles. The van der Waals surface area contributed by atoms with Gasteiger partial charge < -0.3 is 4.74 Å². The molecule has 0 heterocycles. The Bertz CT molecular complexity index is 229. The average Bonchev–Trinajstić information content (AvgIpc) is 2.29. The maximum atomic E-state index is 11.6. The van der Waals surface area contributed by atoms with Crippen molar-refractivity contribution in [2.24, 2.45) is 0 Å². The zero-order valence-corrected chi connectivity index (χ0v) is 11.3. The van der Waals surface area contributed by atoms with Gasteiger partial charge in [-0.05, 0) is 33.1 Å². The predicted octanol–water partition coefficient (Wildman–Crippen LogP) is 4.25. The largest absolute Gasteiger partial charge is 0.463 e. The zero-order chi connectivity index (χ0) is 12.4. The summed E-state index contributed by atoms with van der Waals surface area (Å²) in [6.45, 7) is 8.51. The fourth-order valence-electron chi connectivity index (χ4n) is 1.78. The van der Waals surface area contributed by atoms with E-state index < -0.39 is 0 Å². The van der Waals surface area contributed by atoms with Gasteiger partial charge in [0.15, 0.2) is 0 Å². The predicted molar refractivity (Wildman–Crippen MR) is 68.4 cm³/mol. The lowest BCUT2D eigenvalue weighted by molar-refractivity contribution is -0.138. The van der Waals surface area contributed by atoms with E-state index in [-0.39, 0.29) is 5.97 Å². The van der Waals surface area contributed by atoms with Crippen molar-refractivity contribution in [3.05, 3.63) is 11.1 Å². The van der Waals surface area contributed by atoms with Crippen LogP contribution < -0.4 is 0 Å². The lowest BCUT2D eigenvalue weighted by Crippen LogP contribution is -2.07. The third kappa shape index (κ3) is 5.94. The number of carbonyl (C=O) groups is 1. The first-order valence-corrected chi connectivity index (χ1v) is 6.53. The summed E-state index contributed by atoms with van der Waals surface area (Å²) in [5.74, 6) is -0.144. The van der Waals surface area contributed by atoms with Crippen LogP contribution >= 0.6 is 0 Å². The number of ether oxygens (including phenoxy) is 1. The number of unbranched alkanes of at least 4 members (excludes halogenated alkanes) is 3. The minimum atomic E-state index is -0.144. The van der Waals surface area contributed by atoms with Gasteiger partial charge in [0.05, 0.1) is 6.61 Å². The molecule has 0 aromatic carbocycles. The molecule has 94 valence electrons. The molecule has 0 unspecified atom stereocenters. The maximum Gasteiger partial charge on any atom is 0.333 e. The molecule has 0 amide bonds. The maximum absolute atomic E-state index is 11.6. The number of rotatable bonds is 8. The molecule has 0 fully saturated rings. The molecule has 0 spiro atoms. The van der Waals surface area contributed by atoms with E-state index in [0.717, 1.165) is 18.4 Å². The van der Waals surface area contributed by atoms with Gasteiger partial charge in [-0.3, -0.25) is 0 Å². The van der Waals surface area contributed by atoms with Crippen molar-refractivity contribution in [3.8, 4) is 0 Å². The quantitative estimate of drug-likeness (QED) is 0.351. The number of allylic oxidation sites excluding steroid dienone is 1. The fourth-order valence-corrected chi connectivity index (χ4v) is 1.78. The molecule has 16 heavy (non-hydrogen) atoms. The van der Waals surface area contributed by atoms with Crippen LogP contribution in [0.3, 0.4) is 0 Å². The highest BCUT2D eigenvalue weighted by Gasteiger charge is 2.09. The molecule has 0 saturated carbocycles. The standard InChI is InChI=1S/C14H26O2/c1-5-8-9-10-11-13(6-2)12(4)14(15)16-7-3/h5-11H2,1-4H3. The summed E-state index contributed by atoms with van der Waals surface area (Å²) in [6.07, 6.45) is 6.99. The van der Waals surface area contributed by atoms with E-state index in [1.54, 1.807) is 0 Å². The van der Waals surface area contributed by atoms with Gasteiger partial charge in [0.25, 0.3) is 0 Å². The van der Waals surface area contributed by atoms with Gasteiger partial charge in [0.2, 0.25) is 0 Å². The van der Waals surface area contributed by atoms with E-state index in [9.17, 15) is 4.79 Å². The molecule has 0 rings (SSSR count). The Morgan fingerprint density at radius 3 is 2.25 bits per heavy atom. The topological polar surface area (TPSA) is 26.3 Å². The van der Waals surface area contributed by atoms with Crippen molar-refractivity contribution in [2.45, 2.75) is 66.2 Å². The lowest BCUT2D eigenvalue weighted by atomic mass is 10.00. The average molecular weight is 226 g/mol. The summed E-state index contributed by atoms with van der Waals surface area (Å²) in [5, 5.41) is 0. The minimum Gasteiger partial charge on any atom is -0.463 e. The van der Waals surface area contributed by atoms with Crippen molar-refractivity contribution < 1.29 is 9.53 Å². The second-order valence-corrected chi connectivity index (χ2v) is 4.11. The summed E-state index contributed by atoms with van der Waals surface area (Å²) in [6, 6.07) is 0. The van der Waals surface area contributed by atoms with E-state index in [0.29, 0.717) is 6.61 Å².